The maximum absolute atomic E-state index is 13.2. The summed E-state index contributed by atoms with van der Waals surface area (Å²) in [6.07, 6.45) is -1.94. The fraction of sp³-hybridized carbons (Fsp3) is 0.294. The topological polar surface area (TPSA) is 65.1 Å². The second kappa shape index (κ2) is 7.95. The summed E-state index contributed by atoms with van der Waals surface area (Å²) in [6.45, 7) is 0.697. The number of rotatable bonds is 5. The molecule has 0 spiro atoms. The Hall–Kier alpha value is -2.62. The second-order valence-electron chi connectivity index (χ2n) is 5.73. The molecule has 3 N–H and O–H groups in total. The Labute approximate surface area is 156 Å². The zero-order valence-electron chi connectivity index (χ0n) is 14.3. The number of aliphatic imine (C=N–C) groups is 1. The lowest BCUT2D eigenvalue weighted by atomic mass is 10.1. The molecule has 0 aliphatic carbocycles. The Balaban J connectivity index is 1.51. The van der Waals surface area contributed by atoms with Crippen LogP contribution < -0.4 is 10.6 Å². The van der Waals surface area contributed by atoms with Crippen molar-refractivity contribution >= 4 is 28.2 Å². The first-order valence-corrected chi connectivity index (χ1v) is 8.96. The van der Waals surface area contributed by atoms with Crippen molar-refractivity contribution in [3.63, 3.8) is 0 Å². The van der Waals surface area contributed by atoms with Crippen LogP contribution in [-0.2, 0) is 19.1 Å². The number of guanidine groups is 1. The lowest BCUT2D eigenvalue weighted by Crippen LogP contribution is -2.37. The van der Waals surface area contributed by atoms with Crippen molar-refractivity contribution in [2.24, 2.45) is 4.99 Å². The van der Waals surface area contributed by atoms with Gasteiger partial charge in [-0.2, -0.15) is 13.2 Å². The average molecular weight is 399 g/mol. The maximum atomic E-state index is 13.2. The van der Waals surface area contributed by atoms with Crippen LogP contribution >= 0.6 is 11.3 Å². The van der Waals surface area contributed by atoms with E-state index in [2.05, 4.69) is 25.6 Å². The highest BCUT2D eigenvalue weighted by Gasteiger charge is 2.33. The van der Waals surface area contributed by atoms with Gasteiger partial charge in [-0.25, -0.2) is 9.37 Å². The monoisotopic (exact) mass is 399 g/mol. The zero-order chi connectivity index (χ0) is 19.4. The molecular formula is C17H17F4N5S. The Morgan fingerprint density at radius 1 is 1.30 bits per heavy atom. The van der Waals surface area contributed by atoms with E-state index in [1.807, 2.05) is 6.20 Å². The number of benzene rings is 1. The highest BCUT2D eigenvalue weighted by atomic mass is 32.1. The number of nitrogens with one attached hydrogen (secondary N) is 3. The molecule has 0 saturated heterocycles. The zero-order valence-corrected chi connectivity index (χ0v) is 15.1. The number of halogens is 4. The lowest BCUT2D eigenvalue weighted by molar-refractivity contribution is -0.140. The minimum Gasteiger partial charge on any atom is -0.361 e. The number of fused-ring (bicyclic) bond motifs is 1. The molecule has 0 amide bonds. The second-order valence-corrected chi connectivity index (χ2v) is 6.67. The normalized spacial score (nSPS) is 12.6. The average Bonchev–Trinajstić information content (AvgIpc) is 3.24. The molecule has 0 radical (unpaired) electrons. The Morgan fingerprint density at radius 2 is 2.11 bits per heavy atom. The van der Waals surface area contributed by atoms with E-state index in [0.29, 0.717) is 23.9 Å². The van der Waals surface area contributed by atoms with Crippen LogP contribution in [0.25, 0.3) is 10.9 Å². The van der Waals surface area contributed by atoms with E-state index in [0.717, 1.165) is 33.2 Å². The number of alkyl halides is 3. The first kappa shape index (κ1) is 19.2. The number of H-pyrrole nitrogens is 1. The van der Waals surface area contributed by atoms with Crippen molar-refractivity contribution in [1.82, 2.24) is 20.6 Å². The number of aromatic amines is 1. The highest BCUT2D eigenvalue weighted by Crippen LogP contribution is 2.29. The van der Waals surface area contributed by atoms with E-state index in [1.54, 1.807) is 13.1 Å². The van der Waals surface area contributed by atoms with Crippen molar-refractivity contribution in [3.8, 4) is 0 Å². The first-order chi connectivity index (χ1) is 12.9. The summed E-state index contributed by atoms with van der Waals surface area (Å²) in [7, 11) is 1.58. The van der Waals surface area contributed by atoms with Gasteiger partial charge in [0.1, 0.15) is 10.8 Å². The van der Waals surface area contributed by atoms with Gasteiger partial charge in [-0.05, 0) is 30.2 Å². The molecule has 0 aliphatic heterocycles. The summed E-state index contributed by atoms with van der Waals surface area (Å²) < 4.78 is 50.9. The third-order valence-electron chi connectivity index (χ3n) is 3.89. The molecule has 27 heavy (non-hydrogen) atoms. The van der Waals surface area contributed by atoms with Gasteiger partial charge in [0.05, 0.1) is 6.54 Å². The molecule has 10 heteroatoms. The number of thiazole rings is 1. The summed E-state index contributed by atoms with van der Waals surface area (Å²) in [4.78, 5) is 10.6. The molecule has 0 fully saturated rings. The summed E-state index contributed by atoms with van der Waals surface area (Å²) >= 11 is 0.942. The van der Waals surface area contributed by atoms with E-state index < -0.39 is 11.9 Å². The van der Waals surface area contributed by atoms with E-state index in [4.69, 9.17) is 0 Å². The third-order valence-corrected chi connectivity index (χ3v) is 4.74. The van der Waals surface area contributed by atoms with E-state index >= 15 is 0 Å². The van der Waals surface area contributed by atoms with Gasteiger partial charge in [-0.1, -0.05) is 0 Å². The van der Waals surface area contributed by atoms with E-state index in [1.165, 1.54) is 12.1 Å². The van der Waals surface area contributed by atoms with Gasteiger partial charge < -0.3 is 15.6 Å². The van der Waals surface area contributed by atoms with Crippen molar-refractivity contribution < 1.29 is 17.6 Å². The van der Waals surface area contributed by atoms with Gasteiger partial charge >= 0.3 is 6.18 Å². The Bertz CT molecular complexity index is 944. The van der Waals surface area contributed by atoms with Crippen LogP contribution in [0.4, 0.5) is 17.6 Å². The predicted molar refractivity (Wildman–Crippen MR) is 97.3 cm³/mol. The predicted octanol–water partition coefficient (Wildman–Crippen LogP) is 3.69. The van der Waals surface area contributed by atoms with E-state index in [-0.39, 0.29) is 12.4 Å². The van der Waals surface area contributed by atoms with Crippen LogP contribution in [0.15, 0.2) is 34.8 Å². The third kappa shape index (κ3) is 4.76. The highest BCUT2D eigenvalue weighted by molar-refractivity contribution is 7.09. The maximum Gasteiger partial charge on any atom is 0.434 e. The molecule has 3 aromatic rings. The van der Waals surface area contributed by atoms with Gasteiger partial charge in [-0.15, -0.1) is 11.3 Å². The van der Waals surface area contributed by atoms with Crippen molar-refractivity contribution in [3.05, 3.63) is 51.9 Å². The fourth-order valence-corrected chi connectivity index (χ4v) is 3.32. The largest absolute Gasteiger partial charge is 0.434 e. The number of hydrogen-bond acceptors (Lipinski definition) is 3. The van der Waals surface area contributed by atoms with Crippen LogP contribution in [0.5, 0.6) is 0 Å². The summed E-state index contributed by atoms with van der Waals surface area (Å²) in [5, 5.41) is 8.30. The summed E-state index contributed by atoms with van der Waals surface area (Å²) in [5.74, 6) is 0.166. The molecule has 2 aromatic heterocycles. The van der Waals surface area contributed by atoms with Crippen LogP contribution in [0.2, 0.25) is 0 Å². The number of nitrogens with zero attached hydrogens (tertiary/aromatic N) is 2. The van der Waals surface area contributed by atoms with Gasteiger partial charge in [-0.3, -0.25) is 4.99 Å². The van der Waals surface area contributed by atoms with Gasteiger partial charge in [0, 0.05) is 36.1 Å². The van der Waals surface area contributed by atoms with Crippen molar-refractivity contribution in [2.45, 2.75) is 19.1 Å². The quantitative estimate of drug-likeness (QED) is 0.348. The molecule has 0 aliphatic rings. The molecular weight excluding hydrogens is 382 g/mol. The van der Waals surface area contributed by atoms with Gasteiger partial charge in [0.25, 0.3) is 0 Å². The SMILES string of the molecule is CN=C(NCCc1c[nH]c2cc(F)ccc12)NCc1nc(C(F)(F)F)cs1. The minimum absolute atomic E-state index is 0.146. The fourth-order valence-electron chi connectivity index (χ4n) is 2.58. The molecule has 2 heterocycles. The minimum atomic E-state index is -4.43. The Morgan fingerprint density at radius 3 is 2.81 bits per heavy atom. The molecule has 3 rings (SSSR count). The molecule has 0 atom stereocenters. The van der Waals surface area contributed by atoms with Crippen molar-refractivity contribution in [2.75, 3.05) is 13.6 Å². The van der Waals surface area contributed by atoms with Crippen LogP contribution in [-0.4, -0.2) is 29.5 Å². The molecule has 0 unspecified atom stereocenters. The molecule has 0 saturated carbocycles. The Kier molecular flexibility index (Phi) is 5.64. The standard InChI is InChI=1S/C17H17F4N5S/c1-22-16(25-8-15-26-14(9-27-15)17(19,20)21)23-5-4-10-7-24-13-6-11(18)2-3-12(10)13/h2-3,6-7,9,24H,4-5,8H2,1H3,(H2,22,23,25). The van der Waals surface area contributed by atoms with E-state index in [9.17, 15) is 17.6 Å². The van der Waals surface area contributed by atoms with Gasteiger partial charge in [0.2, 0.25) is 0 Å². The summed E-state index contributed by atoms with van der Waals surface area (Å²) in [5.41, 5.74) is 0.877. The van der Waals surface area contributed by atoms with Crippen LogP contribution in [0.3, 0.4) is 0 Å². The van der Waals surface area contributed by atoms with Crippen LogP contribution in [0.1, 0.15) is 16.3 Å². The molecule has 5 nitrogen and oxygen atoms in total. The van der Waals surface area contributed by atoms with Gasteiger partial charge in [0.15, 0.2) is 11.7 Å². The first-order valence-electron chi connectivity index (χ1n) is 8.08. The molecule has 144 valence electrons. The smallest absolute Gasteiger partial charge is 0.361 e. The lowest BCUT2D eigenvalue weighted by Gasteiger charge is -2.10. The van der Waals surface area contributed by atoms with Crippen molar-refractivity contribution in [1.29, 1.82) is 0 Å². The molecule has 1 aromatic carbocycles. The molecule has 0 bridgehead atoms. The number of aromatic nitrogens is 2. The summed E-state index contributed by atoms with van der Waals surface area (Å²) in [6, 6.07) is 4.58. The number of hydrogen-bond donors (Lipinski definition) is 3. The van der Waals surface area contributed by atoms with Crippen LogP contribution in [0, 0.1) is 5.82 Å².